The van der Waals surface area contributed by atoms with Crippen LogP contribution in [0.5, 0.6) is 0 Å². The summed E-state index contributed by atoms with van der Waals surface area (Å²) in [5.41, 5.74) is -0.828. The molecule has 0 unspecified atom stereocenters. The summed E-state index contributed by atoms with van der Waals surface area (Å²) in [5.74, 6) is -0.584. The van der Waals surface area contributed by atoms with Crippen LogP contribution >= 0.6 is 0 Å². The number of halogens is 3. The molecule has 0 radical (unpaired) electrons. The number of sulfone groups is 1. The Bertz CT molecular complexity index is 350. The Morgan fingerprint density at radius 1 is 1.33 bits per heavy atom. The fourth-order valence-corrected chi connectivity index (χ4v) is 1.32. The van der Waals surface area contributed by atoms with Gasteiger partial charge in [-0.25, -0.2) is 8.42 Å². The normalized spacial score (nSPS) is 14.9. The Hall–Kier alpha value is -0.780. The van der Waals surface area contributed by atoms with Crippen LogP contribution in [0.1, 0.15) is 13.3 Å². The minimum absolute atomic E-state index is 0.296. The van der Waals surface area contributed by atoms with Gasteiger partial charge in [-0.1, -0.05) is 18.2 Å². The van der Waals surface area contributed by atoms with Crippen LogP contribution in [0.3, 0.4) is 0 Å². The van der Waals surface area contributed by atoms with Crippen molar-refractivity contribution >= 4 is 9.84 Å². The summed E-state index contributed by atoms with van der Waals surface area (Å²) in [6.45, 7) is 1.60. The molecule has 0 amide bonds. The van der Waals surface area contributed by atoms with E-state index < -0.39 is 27.3 Å². The average Bonchev–Trinajstić information content (AvgIpc) is 1.99. The number of hydrogen-bond acceptors (Lipinski definition) is 2. The first-order valence-corrected chi connectivity index (χ1v) is 6.28. The zero-order valence-electron chi connectivity index (χ0n) is 8.50. The smallest absolute Gasteiger partial charge is 0.229 e. The Morgan fingerprint density at radius 2 is 1.87 bits per heavy atom. The van der Waals surface area contributed by atoms with E-state index in [9.17, 15) is 21.6 Å². The first kappa shape index (κ1) is 14.2. The molecule has 6 heteroatoms. The molecule has 0 aliphatic carbocycles. The number of allylic oxidation sites excluding steroid dienone is 3. The summed E-state index contributed by atoms with van der Waals surface area (Å²) in [4.78, 5) is 0. The highest BCUT2D eigenvalue weighted by atomic mass is 32.2. The van der Waals surface area contributed by atoms with Gasteiger partial charge in [0.05, 0.1) is 5.75 Å². The highest BCUT2D eigenvalue weighted by Crippen LogP contribution is 2.28. The second-order valence-electron chi connectivity index (χ2n) is 3.09. The van der Waals surface area contributed by atoms with Gasteiger partial charge in [0, 0.05) is 11.8 Å². The third-order valence-electron chi connectivity index (χ3n) is 1.57. The third kappa shape index (κ3) is 7.18. The molecule has 0 saturated carbocycles. The monoisotopic (exact) mass is 242 g/mol. The van der Waals surface area contributed by atoms with Crippen molar-refractivity contribution in [2.24, 2.45) is 0 Å². The van der Waals surface area contributed by atoms with E-state index in [0.29, 0.717) is 0 Å². The lowest BCUT2D eigenvalue weighted by Crippen LogP contribution is -2.13. The SMILES string of the molecule is C/C=C\C/C(=C\CS(C)(=O)=O)C(F)(F)F. The zero-order valence-corrected chi connectivity index (χ0v) is 9.32. The number of rotatable bonds is 4. The van der Waals surface area contributed by atoms with E-state index in [4.69, 9.17) is 0 Å². The molecule has 0 rings (SSSR count). The van der Waals surface area contributed by atoms with Crippen LogP contribution < -0.4 is 0 Å². The second kappa shape index (κ2) is 5.34. The van der Waals surface area contributed by atoms with E-state index >= 15 is 0 Å². The molecular formula is C9H13F3O2S. The van der Waals surface area contributed by atoms with Gasteiger partial charge >= 0.3 is 6.18 Å². The lowest BCUT2D eigenvalue weighted by atomic mass is 10.1. The minimum Gasteiger partial charge on any atom is -0.229 e. The molecule has 0 heterocycles. The molecule has 0 aliphatic rings. The van der Waals surface area contributed by atoms with Gasteiger partial charge in [0.25, 0.3) is 0 Å². The molecular weight excluding hydrogens is 229 g/mol. The number of hydrogen-bond donors (Lipinski definition) is 0. The molecule has 0 aromatic rings. The Balaban J connectivity index is 4.79. The van der Waals surface area contributed by atoms with E-state index in [2.05, 4.69) is 0 Å². The molecule has 0 aromatic carbocycles. The van der Waals surface area contributed by atoms with Crippen LogP contribution in [0.2, 0.25) is 0 Å². The fraction of sp³-hybridized carbons (Fsp3) is 0.556. The van der Waals surface area contributed by atoms with Crippen molar-refractivity contribution in [2.75, 3.05) is 12.0 Å². The van der Waals surface area contributed by atoms with Crippen LogP contribution in [-0.4, -0.2) is 26.6 Å². The van der Waals surface area contributed by atoms with Crippen LogP contribution in [0.4, 0.5) is 13.2 Å². The van der Waals surface area contributed by atoms with E-state index in [1.165, 1.54) is 12.2 Å². The molecule has 0 saturated heterocycles. The minimum atomic E-state index is -4.47. The lowest BCUT2D eigenvalue weighted by Gasteiger charge is -2.09. The molecule has 88 valence electrons. The third-order valence-corrected chi connectivity index (χ3v) is 2.34. The van der Waals surface area contributed by atoms with Crippen molar-refractivity contribution in [2.45, 2.75) is 19.5 Å². The topological polar surface area (TPSA) is 34.1 Å². The standard InChI is InChI=1S/C9H13F3O2S/c1-3-4-5-8(9(10,11)12)6-7-15(2,13)14/h3-4,6H,5,7H2,1-2H3/b4-3-,8-6+. The molecule has 15 heavy (non-hydrogen) atoms. The first-order chi connectivity index (χ1) is 6.67. The van der Waals surface area contributed by atoms with E-state index in [1.54, 1.807) is 6.92 Å². The molecule has 0 bridgehead atoms. The summed E-state index contributed by atoms with van der Waals surface area (Å²) in [7, 11) is -3.40. The van der Waals surface area contributed by atoms with Crippen molar-refractivity contribution in [3.8, 4) is 0 Å². The van der Waals surface area contributed by atoms with Gasteiger partial charge in [-0.05, 0) is 13.3 Å². The van der Waals surface area contributed by atoms with E-state index in [-0.39, 0.29) is 6.42 Å². The maximum Gasteiger partial charge on any atom is 0.412 e. The fourth-order valence-electron chi connectivity index (χ4n) is 0.812. The Kier molecular flexibility index (Phi) is 5.07. The zero-order chi connectivity index (χ0) is 12.1. The van der Waals surface area contributed by atoms with Gasteiger partial charge in [-0.2, -0.15) is 13.2 Å². The molecule has 2 nitrogen and oxygen atoms in total. The van der Waals surface area contributed by atoms with Crippen molar-refractivity contribution in [3.63, 3.8) is 0 Å². The highest BCUT2D eigenvalue weighted by molar-refractivity contribution is 7.90. The van der Waals surface area contributed by atoms with Gasteiger partial charge < -0.3 is 0 Å². The maximum absolute atomic E-state index is 12.3. The second-order valence-corrected chi connectivity index (χ2v) is 5.28. The quantitative estimate of drug-likeness (QED) is 0.710. The van der Waals surface area contributed by atoms with Crippen LogP contribution in [0, 0.1) is 0 Å². The predicted octanol–water partition coefficient (Wildman–Crippen LogP) is 2.49. The molecule has 0 N–H and O–H groups in total. The molecule has 0 atom stereocenters. The van der Waals surface area contributed by atoms with Crippen molar-refractivity contribution < 1.29 is 21.6 Å². The average molecular weight is 242 g/mol. The first-order valence-electron chi connectivity index (χ1n) is 4.22. The molecule has 0 spiro atoms. The maximum atomic E-state index is 12.3. The van der Waals surface area contributed by atoms with Gasteiger partial charge in [0.15, 0.2) is 9.84 Å². The van der Waals surface area contributed by atoms with Crippen molar-refractivity contribution in [1.29, 1.82) is 0 Å². The van der Waals surface area contributed by atoms with Gasteiger partial charge in [0.2, 0.25) is 0 Å². The van der Waals surface area contributed by atoms with E-state index in [1.807, 2.05) is 0 Å². The van der Waals surface area contributed by atoms with Gasteiger partial charge in [0.1, 0.15) is 0 Å². The van der Waals surface area contributed by atoms with Gasteiger partial charge in [-0.3, -0.25) is 0 Å². The lowest BCUT2D eigenvalue weighted by molar-refractivity contribution is -0.0930. The summed E-state index contributed by atoms with van der Waals surface area (Å²) in [6.07, 6.45) is -0.330. The van der Waals surface area contributed by atoms with Crippen molar-refractivity contribution in [1.82, 2.24) is 0 Å². The van der Waals surface area contributed by atoms with E-state index in [0.717, 1.165) is 12.3 Å². The Morgan fingerprint density at radius 3 is 2.20 bits per heavy atom. The van der Waals surface area contributed by atoms with Crippen LogP contribution in [-0.2, 0) is 9.84 Å². The highest BCUT2D eigenvalue weighted by Gasteiger charge is 2.32. The summed E-state index contributed by atoms with van der Waals surface area (Å²) >= 11 is 0. The molecule has 0 aromatic heterocycles. The summed E-state index contributed by atoms with van der Waals surface area (Å²) in [5, 5.41) is 0. The van der Waals surface area contributed by atoms with Gasteiger partial charge in [-0.15, -0.1) is 0 Å². The summed E-state index contributed by atoms with van der Waals surface area (Å²) < 4.78 is 58.4. The predicted molar refractivity (Wildman–Crippen MR) is 53.3 cm³/mol. The molecule has 0 fully saturated rings. The molecule has 0 aliphatic heterocycles. The Labute approximate surface area is 87.4 Å². The summed E-state index contributed by atoms with van der Waals surface area (Å²) in [6, 6.07) is 0. The van der Waals surface area contributed by atoms with Crippen LogP contribution in [0.25, 0.3) is 0 Å². The number of alkyl halides is 3. The van der Waals surface area contributed by atoms with Crippen LogP contribution in [0.15, 0.2) is 23.8 Å². The van der Waals surface area contributed by atoms with Crippen molar-refractivity contribution in [3.05, 3.63) is 23.8 Å². The largest absolute Gasteiger partial charge is 0.412 e.